The van der Waals surface area contributed by atoms with Crippen LogP contribution >= 0.6 is 11.6 Å². The number of nitrogens with one attached hydrogen (secondary N) is 1. The van der Waals surface area contributed by atoms with Crippen LogP contribution in [0, 0.1) is 11.8 Å². The molecule has 0 spiro atoms. The third kappa shape index (κ3) is 8.17. The molecule has 0 aromatic heterocycles. The Labute approximate surface area is 170 Å². The molecule has 0 saturated carbocycles. The van der Waals surface area contributed by atoms with Crippen molar-refractivity contribution in [2.45, 2.75) is 46.4 Å². The maximum Gasteiger partial charge on any atom is 0.408 e. The smallest absolute Gasteiger partial charge is 0.408 e. The average Bonchev–Trinajstić information content (AvgIpc) is 2.66. The van der Waals surface area contributed by atoms with E-state index in [0.717, 1.165) is 5.56 Å². The topological polar surface area (TPSA) is 90.9 Å². The minimum Gasteiger partial charge on any atom is -0.462 e. The van der Waals surface area contributed by atoms with Crippen molar-refractivity contribution in [3.05, 3.63) is 35.9 Å². The van der Waals surface area contributed by atoms with Crippen molar-refractivity contribution in [2.75, 3.05) is 12.5 Å². The number of hydrogen-bond donors (Lipinski definition) is 1. The quantitative estimate of drug-likeness (QED) is 0.359. The van der Waals surface area contributed by atoms with Gasteiger partial charge in [0.25, 0.3) is 0 Å². The summed E-state index contributed by atoms with van der Waals surface area (Å²) in [6.07, 6.45) is -1.83. The van der Waals surface area contributed by atoms with E-state index in [9.17, 15) is 14.4 Å². The highest BCUT2D eigenvalue weighted by atomic mass is 35.5. The lowest BCUT2D eigenvalue weighted by atomic mass is 10.0. The summed E-state index contributed by atoms with van der Waals surface area (Å²) in [6, 6.07) is 8.20. The third-order valence-electron chi connectivity index (χ3n) is 3.81. The van der Waals surface area contributed by atoms with E-state index in [0.29, 0.717) is 0 Å². The van der Waals surface area contributed by atoms with Gasteiger partial charge in [-0.2, -0.15) is 0 Å². The van der Waals surface area contributed by atoms with E-state index >= 15 is 0 Å². The molecule has 0 bridgehead atoms. The molecule has 0 aliphatic heterocycles. The number of carbonyl (C=O) groups is 3. The van der Waals surface area contributed by atoms with Gasteiger partial charge < -0.3 is 19.5 Å². The molecule has 0 fully saturated rings. The van der Waals surface area contributed by atoms with Crippen molar-refractivity contribution in [1.29, 1.82) is 0 Å². The molecule has 7 nitrogen and oxygen atoms in total. The summed E-state index contributed by atoms with van der Waals surface area (Å²) in [5, 5.41) is 2.50. The number of benzene rings is 1. The van der Waals surface area contributed by atoms with Crippen molar-refractivity contribution in [3.8, 4) is 0 Å². The van der Waals surface area contributed by atoms with Gasteiger partial charge in [0.1, 0.15) is 19.3 Å². The van der Waals surface area contributed by atoms with Gasteiger partial charge in [-0.05, 0) is 11.5 Å². The van der Waals surface area contributed by atoms with E-state index in [1.807, 2.05) is 30.3 Å². The van der Waals surface area contributed by atoms with Crippen LogP contribution in [0.5, 0.6) is 0 Å². The summed E-state index contributed by atoms with van der Waals surface area (Å²) >= 11 is 5.51. The molecule has 0 radical (unpaired) electrons. The monoisotopic (exact) mass is 413 g/mol. The summed E-state index contributed by atoms with van der Waals surface area (Å²) in [7, 11) is 0. The molecule has 1 N–H and O–H groups in total. The first-order chi connectivity index (χ1) is 13.3. The molecule has 8 heteroatoms. The molecule has 28 heavy (non-hydrogen) atoms. The standard InChI is InChI=1S/C20H28ClNO6/c1-13(2)16(22-20(25)27-12-15-8-6-5-7-9-15)18(23)28-17(14(3)4)19(24)26-11-10-21/h5-9,13-14,16-17H,10-12H2,1-4H3,(H,22,25)/t16-,17-/m0/s1. The van der Waals surface area contributed by atoms with Crippen LogP contribution in [0.25, 0.3) is 0 Å². The predicted octanol–water partition coefficient (Wildman–Crippen LogP) is 3.29. The van der Waals surface area contributed by atoms with Crippen LogP contribution in [-0.4, -0.2) is 42.7 Å². The first-order valence-corrected chi connectivity index (χ1v) is 9.70. The van der Waals surface area contributed by atoms with E-state index < -0.39 is 30.2 Å². The van der Waals surface area contributed by atoms with Gasteiger partial charge in [0.15, 0.2) is 0 Å². The van der Waals surface area contributed by atoms with Crippen LogP contribution in [0.1, 0.15) is 33.3 Å². The van der Waals surface area contributed by atoms with Crippen LogP contribution in [0.3, 0.4) is 0 Å². The molecule has 1 amide bonds. The largest absolute Gasteiger partial charge is 0.462 e. The van der Waals surface area contributed by atoms with E-state index in [2.05, 4.69) is 5.32 Å². The molecule has 1 aromatic carbocycles. The number of hydrogen-bond acceptors (Lipinski definition) is 6. The first kappa shape index (κ1) is 23.8. The first-order valence-electron chi connectivity index (χ1n) is 9.16. The molecule has 1 rings (SSSR count). The van der Waals surface area contributed by atoms with Crippen molar-refractivity contribution >= 4 is 29.6 Å². The zero-order valence-electron chi connectivity index (χ0n) is 16.6. The predicted molar refractivity (Wildman–Crippen MR) is 105 cm³/mol. The number of amides is 1. The molecule has 0 aliphatic rings. The lowest BCUT2D eigenvalue weighted by molar-refractivity contribution is -0.172. The Balaban J connectivity index is 2.68. The average molecular weight is 414 g/mol. The van der Waals surface area contributed by atoms with Crippen LogP contribution < -0.4 is 5.32 Å². The van der Waals surface area contributed by atoms with Gasteiger partial charge in [-0.25, -0.2) is 14.4 Å². The van der Waals surface area contributed by atoms with Crippen molar-refractivity contribution in [3.63, 3.8) is 0 Å². The SMILES string of the molecule is CC(C)[C@H](NC(=O)OCc1ccccc1)C(=O)O[C@H](C(=O)OCCCl)C(C)C. The maximum atomic E-state index is 12.6. The fourth-order valence-electron chi connectivity index (χ4n) is 2.27. The Bertz CT molecular complexity index is 635. The number of alkyl halides is 1. The molecule has 1 aromatic rings. The van der Waals surface area contributed by atoms with E-state index in [4.69, 9.17) is 25.8 Å². The maximum absolute atomic E-state index is 12.6. The highest BCUT2D eigenvalue weighted by molar-refractivity contribution is 6.18. The zero-order chi connectivity index (χ0) is 21.1. The van der Waals surface area contributed by atoms with Crippen molar-refractivity contribution in [1.82, 2.24) is 5.32 Å². The number of alkyl carbamates (subject to hydrolysis) is 1. The Morgan fingerprint density at radius 3 is 2.14 bits per heavy atom. The Morgan fingerprint density at radius 1 is 0.964 bits per heavy atom. The van der Waals surface area contributed by atoms with Crippen LogP contribution in [-0.2, 0) is 30.4 Å². The molecular formula is C20H28ClNO6. The second-order valence-corrected chi connectivity index (χ2v) is 7.26. The summed E-state index contributed by atoms with van der Waals surface area (Å²) in [5.74, 6) is -1.83. The lowest BCUT2D eigenvalue weighted by Crippen LogP contribution is -2.48. The van der Waals surface area contributed by atoms with Gasteiger partial charge in [-0.15, -0.1) is 11.6 Å². The number of ether oxygens (including phenoxy) is 3. The van der Waals surface area contributed by atoms with Crippen LogP contribution in [0.4, 0.5) is 4.79 Å². The summed E-state index contributed by atoms with van der Waals surface area (Å²) < 4.78 is 15.4. The second kappa shape index (κ2) is 12.2. The highest BCUT2D eigenvalue weighted by Gasteiger charge is 2.33. The molecule has 0 heterocycles. The number of halogens is 1. The van der Waals surface area contributed by atoms with Crippen LogP contribution in [0.15, 0.2) is 30.3 Å². The minimum absolute atomic E-state index is 0.0266. The molecule has 0 unspecified atom stereocenters. The van der Waals surface area contributed by atoms with Crippen molar-refractivity contribution < 1.29 is 28.6 Å². The van der Waals surface area contributed by atoms with E-state index in [1.165, 1.54) is 0 Å². The van der Waals surface area contributed by atoms with Gasteiger partial charge in [0.05, 0.1) is 5.88 Å². The molecule has 0 saturated heterocycles. The summed E-state index contributed by atoms with van der Waals surface area (Å²) in [4.78, 5) is 36.7. The van der Waals surface area contributed by atoms with Crippen LogP contribution in [0.2, 0.25) is 0 Å². The number of carbonyl (C=O) groups excluding carboxylic acids is 3. The summed E-state index contributed by atoms with van der Waals surface area (Å²) in [6.45, 7) is 7.06. The van der Waals surface area contributed by atoms with Gasteiger partial charge in [0, 0.05) is 5.92 Å². The number of esters is 2. The molecule has 0 aliphatic carbocycles. The van der Waals surface area contributed by atoms with E-state index in [1.54, 1.807) is 27.7 Å². The van der Waals surface area contributed by atoms with Gasteiger partial charge >= 0.3 is 18.0 Å². The minimum atomic E-state index is -1.08. The van der Waals surface area contributed by atoms with Gasteiger partial charge in [-0.3, -0.25) is 0 Å². The Hall–Kier alpha value is -2.28. The van der Waals surface area contributed by atoms with E-state index in [-0.39, 0.29) is 30.9 Å². The molecule has 156 valence electrons. The Kier molecular flexibility index (Phi) is 10.4. The van der Waals surface area contributed by atoms with Crippen molar-refractivity contribution in [2.24, 2.45) is 11.8 Å². The molecular weight excluding hydrogens is 386 g/mol. The highest BCUT2D eigenvalue weighted by Crippen LogP contribution is 2.13. The van der Waals surface area contributed by atoms with Gasteiger partial charge in [0.2, 0.25) is 6.10 Å². The zero-order valence-corrected chi connectivity index (χ0v) is 17.4. The summed E-state index contributed by atoms with van der Waals surface area (Å²) in [5.41, 5.74) is 0.822. The second-order valence-electron chi connectivity index (χ2n) is 6.89. The fraction of sp³-hybridized carbons (Fsp3) is 0.550. The van der Waals surface area contributed by atoms with Gasteiger partial charge in [-0.1, -0.05) is 58.0 Å². The third-order valence-corrected chi connectivity index (χ3v) is 3.96. The normalized spacial score (nSPS) is 13.0. The lowest BCUT2D eigenvalue weighted by Gasteiger charge is -2.25. The number of rotatable bonds is 10. The Morgan fingerprint density at radius 2 is 1.61 bits per heavy atom. The molecule has 2 atom stereocenters. The fourth-order valence-corrected chi connectivity index (χ4v) is 2.34.